The SMILES string of the molecule is CCNC(=O)[C@H](C)N(Cc1ccccc1C)C(=O)Cc1ccccc1. The molecule has 1 atom stereocenters. The van der Waals surface area contributed by atoms with E-state index < -0.39 is 6.04 Å². The van der Waals surface area contributed by atoms with E-state index in [1.807, 2.05) is 68.4 Å². The highest BCUT2D eigenvalue weighted by molar-refractivity contribution is 5.88. The van der Waals surface area contributed by atoms with E-state index in [9.17, 15) is 9.59 Å². The summed E-state index contributed by atoms with van der Waals surface area (Å²) in [5.74, 6) is -0.175. The molecule has 2 rings (SSSR count). The first kappa shape index (κ1) is 18.7. The molecule has 4 heteroatoms. The normalized spacial score (nSPS) is 11.6. The second-order valence-corrected chi connectivity index (χ2v) is 6.18. The van der Waals surface area contributed by atoms with Crippen LogP contribution in [0.2, 0.25) is 0 Å². The van der Waals surface area contributed by atoms with Gasteiger partial charge < -0.3 is 10.2 Å². The van der Waals surface area contributed by atoms with Crippen LogP contribution in [0.3, 0.4) is 0 Å². The third-order valence-corrected chi connectivity index (χ3v) is 4.32. The van der Waals surface area contributed by atoms with E-state index in [0.717, 1.165) is 16.7 Å². The molecule has 0 unspecified atom stereocenters. The van der Waals surface area contributed by atoms with E-state index in [1.165, 1.54) is 0 Å². The predicted octanol–water partition coefficient (Wildman–Crippen LogP) is 3.09. The molecule has 1 N–H and O–H groups in total. The number of likely N-dealkylation sites (N-methyl/N-ethyl adjacent to an activating group) is 1. The molecule has 25 heavy (non-hydrogen) atoms. The molecule has 0 aromatic heterocycles. The van der Waals surface area contributed by atoms with Crippen molar-refractivity contribution in [1.29, 1.82) is 0 Å². The monoisotopic (exact) mass is 338 g/mol. The van der Waals surface area contributed by atoms with E-state index in [-0.39, 0.29) is 18.2 Å². The summed E-state index contributed by atoms with van der Waals surface area (Å²) in [4.78, 5) is 26.9. The summed E-state index contributed by atoms with van der Waals surface area (Å²) in [6.07, 6.45) is 0.288. The van der Waals surface area contributed by atoms with Gasteiger partial charge in [0.15, 0.2) is 0 Å². The maximum Gasteiger partial charge on any atom is 0.242 e. The van der Waals surface area contributed by atoms with Crippen LogP contribution in [0, 0.1) is 6.92 Å². The van der Waals surface area contributed by atoms with Crippen molar-refractivity contribution in [2.45, 2.75) is 39.8 Å². The second kappa shape index (κ2) is 9.02. The van der Waals surface area contributed by atoms with E-state index >= 15 is 0 Å². The zero-order chi connectivity index (χ0) is 18.2. The molecule has 0 heterocycles. The van der Waals surface area contributed by atoms with E-state index in [0.29, 0.717) is 13.1 Å². The van der Waals surface area contributed by atoms with Crippen molar-refractivity contribution in [3.8, 4) is 0 Å². The number of hydrogen-bond acceptors (Lipinski definition) is 2. The molecule has 2 amide bonds. The first-order chi connectivity index (χ1) is 12.0. The number of aryl methyl sites for hydroxylation is 1. The molecule has 0 saturated carbocycles. The lowest BCUT2D eigenvalue weighted by Crippen LogP contribution is -2.48. The Balaban J connectivity index is 2.23. The van der Waals surface area contributed by atoms with Gasteiger partial charge in [-0.1, -0.05) is 54.6 Å². The van der Waals surface area contributed by atoms with Crippen molar-refractivity contribution < 1.29 is 9.59 Å². The zero-order valence-corrected chi connectivity index (χ0v) is 15.2. The number of nitrogens with zero attached hydrogens (tertiary/aromatic N) is 1. The first-order valence-corrected chi connectivity index (χ1v) is 8.68. The number of nitrogens with one attached hydrogen (secondary N) is 1. The van der Waals surface area contributed by atoms with Gasteiger partial charge in [-0.05, 0) is 37.5 Å². The van der Waals surface area contributed by atoms with E-state index in [1.54, 1.807) is 11.8 Å². The van der Waals surface area contributed by atoms with Gasteiger partial charge in [-0.25, -0.2) is 0 Å². The van der Waals surface area contributed by atoms with E-state index in [2.05, 4.69) is 5.32 Å². The van der Waals surface area contributed by atoms with Gasteiger partial charge in [0.05, 0.1) is 6.42 Å². The Hall–Kier alpha value is -2.62. The maximum absolute atomic E-state index is 12.9. The number of hydrogen-bond donors (Lipinski definition) is 1. The summed E-state index contributed by atoms with van der Waals surface area (Å²) in [5, 5.41) is 2.81. The Kier molecular flexibility index (Phi) is 6.75. The molecule has 0 aliphatic heterocycles. The standard InChI is InChI=1S/C21H26N2O2/c1-4-22-21(25)17(3)23(15-19-13-9-8-10-16(19)2)20(24)14-18-11-6-5-7-12-18/h5-13,17H,4,14-15H2,1-3H3,(H,22,25)/t17-/m0/s1. The largest absolute Gasteiger partial charge is 0.355 e. The lowest BCUT2D eigenvalue weighted by atomic mass is 10.1. The fourth-order valence-electron chi connectivity index (χ4n) is 2.75. The molecular formula is C21H26N2O2. The highest BCUT2D eigenvalue weighted by Crippen LogP contribution is 2.15. The minimum atomic E-state index is -0.518. The molecule has 4 nitrogen and oxygen atoms in total. The second-order valence-electron chi connectivity index (χ2n) is 6.18. The lowest BCUT2D eigenvalue weighted by molar-refractivity contribution is -0.140. The van der Waals surface area contributed by atoms with Gasteiger partial charge in [-0.15, -0.1) is 0 Å². The van der Waals surface area contributed by atoms with Crippen molar-refractivity contribution in [3.05, 3.63) is 71.3 Å². The molecular weight excluding hydrogens is 312 g/mol. The van der Waals surface area contributed by atoms with Crippen LogP contribution < -0.4 is 5.32 Å². The quantitative estimate of drug-likeness (QED) is 0.843. The van der Waals surface area contributed by atoms with Crippen LogP contribution >= 0.6 is 0 Å². The number of rotatable bonds is 7. The highest BCUT2D eigenvalue weighted by Gasteiger charge is 2.26. The van der Waals surface area contributed by atoms with Crippen molar-refractivity contribution in [1.82, 2.24) is 10.2 Å². The summed E-state index contributed by atoms with van der Waals surface area (Å²) in [6, 6.07) is 17.1. The Labute approximate surface area is 149 Å². The molecule has 0 saturated heterocycles. The molecule has 2 aromatic carbocycles. The van der Waals surface area contributed by atoms with Crippen molar-refractivity contribution in [2.75, 3.05) is 6.54 Å². The number of carbonyl (C=O) groups is 2. The van der Waals surface area contributed by atoms with Crippen LogP contribution in [0.5, 0.6) is 0 Å². The van der Waals surface area contributed by atoms with Crippen LogP contribution in [-0.4, -0.2) is 29.3 Å². The molecule has 0 radical (unpaired) electrons. The van der Waals surface area contributed by atoms with Crippen LogP contribution in [0.25, 0.3) is 0 Å². The average molecular weight is 338 g/mol. The third kappa shape index (κ3) is 5.18. The molecule has 0 spiro atoms. The number of benzene rings is 2. The van der Waals surface area contributed by atoms with Gasteiger partial charge in [0.25, 0.3) is 0 Å². The molecule has 0 fully saturated rings. The topological polar surface area (TPSA) is 49.4 Å². The number of amides is 2. The van der Waals surface area contributed by atoms with Crippen LogP contribution in [0.15, 0.2) is 54.6 Å². The van der Waals surface area contributed by atoms with Gasteiger partial charge >= 0.3 is 0 Å². The minimum Gasteiger partial charge on any atom is -0.355 e. The molecule has 0 aliphatic rings. The van der Waals surface area contributed by atoms with Gasteiger partial charge in [0, 0.05) is 13.1 Å². The third-order valence-electron chi connectivity index (χ3n) is 4.32. The Morgan fingerprint density at radius 3 is 2.32 bits per heavy atom. The summed E-state index contributed by atoms with van der Waals surface area (Å²) in [6.45, 7) is 6.66. The Bertz CT molecular complexity index is 713. The molecule has 0 bridgehead atoms. The lowest BCUT2D eigenvalue weighted by Gasteiger charge is -2.29. The number of carbonyl (C=O) groups excluding carboxylic acids is 2. The van der Waals surface area contributed by atoms with Crippen molar-refractivity contribution >= 4 is 11.8 Å². The predicted molar refractivity (Wildman–Crippen MR) is 100 cm³/mol. The van der Waals surface area contributed by atoms with Gasteiger partial charge in [-0.2, -0.15) is 0 Å². The summed E-state index contributed by atoms with van der Waals surface area (Å²) in [5.41, 5.74) is 3.12. The summed E-state index contributed by atoms with van der Waals surface area (Å²) >= 11 is 0. The van der Waals surface area contributed by atoms with Crippen LogP contribution in [0.1, 0.15) is 30.5 Å². The molecule has 0 aliphatic carbocycles. The van der Waals surface area contributed by atoms with Crippen LogP contribution in [-0.2, 0) is 22.6 Å². The molecule has 2 aromatic rings. The fraction of sp³-hybridized carbons (Fsp3) is 0.333. The summed E-state index contributed by atoms with van der Waals surface area (Å²) in [7, 11) is 0. The average Bonchev–Trinajstić information content (AvgIpc) is 2.61. The maximum atomic E-state index is 12.9. The zero-order valence-electron chi connectivity index (χ0n) is 15.2. The Morgan fingerprint density at radius 2 is 1.68 bits per heavy atom. The van der Waals surface area contributed by atoms with Gasteiger partial charge in [-0.3, -0.25) is 9.59 Å². The summed E-state index contributed by atoms with van der Waals surface area (Å²) < 4.78 is 0. The molecule has 132 valence electrons. The van der Waals surface area contributed by atoms with Gasteiger partial charge in [0.1, 0.15) is 6.04 Å². The van der Waals surface area contributed by atoms with Gasteiger partial charge in [0.2, 0.25) is 11.8 Å². The fourth-order valence-corrected chi connectivity index (χ4v) is 2.75. The first-order valence-electron chi connectivity index (χ1n) is 8.68. The highest BCUT2D eigenvalue weighted by atomic mass is 16.2. The van der Waals surface area contributed by atoms with Crippen LogP contribution in [0.4, 0.5) is 0 Å². The van der Waals surface area contributed by atoms with Crippen molar-refractivity contribution in [3.63, 3.8) is 0 Å². The van der Waals surface area contributed by atoms with Crippen molar-refractivity contribution in [2.24, 2.45) is 0 Å². The van der Waals surface area contributed by atoms with E-state index in [4.69, 9.17) is 0 Å². The smallest absolute Gasteiger partial charge is 0.242 e. The minimum absolute atomic E-state index is 0.0480. The Morgan fingerprint density at radius 1 is 1.04 bits per heavy atom.